The molecule has 0 saturated heterocycles. The number of imidazole rings is 1. The van der Waals surface area contributed by atoms with E-state index in [1.54, 1.807) is 30.3 Å². The lowest BCUT2D eigenvalue weighted by Crippen LogP contribution is -2.24. The zero-order valence-electron chi connectivity index (χ0n) is 18.9. The minimum Gasteiger partial charge on any atom is -0.387 e. The summed E-state index contributed by atoms with van der Waals surface area (Å²) in [7, 11) is -4.11. The van der Waals surface area contributed by atoms with Crippen LogP contribution in [0, 0.1) is 0 Å². The van der Waals surface area contributed by atoms with Crippen molar-refractivity contribution in [3.63, 3.8) is 0 Å². The highest BCUT2D eigenvalue weighted by Crippen LogP contribution is 2.28. The van der Waals surface area contributed by atoms with E-state index < -0.39 is 27.5 Å². The molecular weight excluding hydrogens is 484 g/mol. The Bertz CT molecular complexity index is 1540. The number of amidine groups is 1. The van der Waals surface area contributed by atoms with Gasteiger partial charge in [-0.1, -0.05) is 36.4 Å². The molecule has 3 N–H and O–H groups in total. The normalized spacial score (nSPS) is 13.0. The van der Waals surface area contributed by atoms with Gasteiger partial charge in [0.25, 0.3) is 10.0 Å². The van der Waals surface area contributed by atoms with Crippen LogP contribution in [0.25, 0.3) is 11.0 Å². The lowest BCUT2D eigenvalue weighted by Gasteiger charge is -2.14. The van der Waals surface area contributed by atoms with Gasteiger partial charge in [-0.05, 0) is 49.6 Å². The van der Waals surface area contributed by atoms with Crippen molar-refractivity contribution in [1.82, 2.24) is 9.97 Å². The number of hydrogen-bond donors (Lipinski definition) is 2. The van der Waals surface area contributed by atoms with Crippen LogP contribution in [0.15, 0.2) is 87.0 Å². The number of Topliss-reactive ketones (excluding diaryl/α,β-unsaturated/α-hetero) is 2. The molecule has 0 spiro atoms. The molecule has 4 aromatic rings. The number of nitrogens with zero attached hydrogens (tertiary/aromatic N) is 2. The van der Waals surface area contributed by atoms with E-state index in [-0.39, 0.29) is 22.1 Å². The summed E-state index contributed by atoms with van der Waals surface area (Å²) in [6, 6.07) is 19.6. The zero-order valence-corrected chi connectivity index (χ0v) is 20.6. The fourth-order valence-corrected chi connectivity index (χ4v) is 5.11. The van der Waals surface area contributed by atoms with E-state index in [1.165, 1.54) is 43.0 Å². The quantitative estimate of drug-likeness (QED) is 0.120. The first-order chi connectivity index (χ1) is 16.7. The first-order valence-electron chi connectivity index (χ1n) is 10.5. The Morgan fingerprint density at radius 1 is 0.971 bits per heavy atom. The molecule has 3 aromatic carbocycles. The van der Waals surface area contributed by atoms with Crippen LogP contribution in [0.1, 0.15) is 39.4 Å². The van der Waals surface area contributed by atoms with Crippen molar-refractivity contribution in [3.05, 3.63) is 89.7 Å². The molecule has 10 heteroatoms. The maximum Gasteiger partial charge on any atom is 0.283 e. The standard InChI is InChI=1S/C25H22N4O4S2/c1-15(26)29-35(32,33)19-10-6-8-17(14-19)24(31)22(23(30)16-7-5-9-18(13-16)34-2)25-27-20-11-3-4-12-21(20)28-25/h3-14,22H,1-2H3,(H2,26,29)(H,27,28). The van der Waals surface area contributed by atoms with E-state index in [9.17, 15) is 18.0 Å². The van der Waals surface area contributed by atoms with Crippen molar-refractivity contribution in [2.24, 2.45) is 10.1 Å². The number of aromatic amines is 1. The smallest absolute Gasteiger partial charge is 0.283 e. The molecule has 1 atom stereocenters. The molecule has 0 amide bonds. The first-order valence-corrected chi connectivity index (χ1v) is 13.2. The van der Waals surface area contributed by atoms with Crippen LogP contribution < -0.4 is 5.73 Å². The molecule has 4 rings (SSSR count). The van der Waals surface area contributed by atoms with Crippen molar-refractivity contribution in [2.75, 3.05) is 6.26 Å². The van der Waals surface area contributed by atoms with Gasteiger partial charge in [-0.15, -0.1) is 16.2 Å². The van der Waals surface area contributed by atoms with Crippen molar-refractivity contribution >= 4 is 50.2 Å². The molecule has 1 unspecified atom stereocenters. The minimum absolute atomic E-state index is 0.0378. The summed E-state index contributed by atoms with van der Waals surface area (Å²) in [6.45, 7) is 1.35. The first kappa shape index (κ1) is 24.4. The molecule has 1 heterocycles. The number of ketones is 2. The molecule has 0 fully saturated rings. The van der Waals surface area contributed by atoms with Gasteiger partial charge in [0, 0.05) is 16.0 Å². The van der Waals surface area contributed by atoms with E-state index in [4.69, 9.17) is 5.73 Å². The van der Waals surface area contributed by atoms with Crippen LogP contribution in [0.3, 0.4) is 0 Å². The van der Waals surface area contributed by atoms with Crippen LogP contribution in [-0.2, 0) is 10.0 Å². The van der Waals surface area contributed by atoms with Gasteiger partial charge in [0.05, 0.1) is 15.9 Å². The van der Waals surface area contributed by atoms with Crippen LogP contribution >= 0.6 is 11.8 Å². The Hall–Kier alpha value is -3.76. The lowest BCUT2D eigenvalue weighted by molar-refractivity contribution is 0.0856. The zero-order chi connectivity index (χ0) is 25.2. The molecule has 0 bridgehead atoms. The molecule has 178 valence electrons. The predicted molar refractivity (Wildman–Crippen MR) is 137 cm³/mol. The number of nitrogens with one attached hydrogen (secondary N) is 1. The average Bonchev–Trinajstić information content (AvgIpc) is 3.27. The van der Waals surface area contributed by atoms with Gasteiger partial charge in [0.15, 0.2) is 11.6 Å². The molecule has 0 aliphatic carbocycles. The maximum absolute atomic E-state index is 13.8. The third-order valence-corrected chi connectivity index (χ3v) is 7.34. The molecule has 8 nitrogen and oxygen atoms in total. The number of aromatic nitrogens is 2. The van der Waals surface area contributed by atoms with Gasteiger partial charge in [0.2, 0.25) is 0 Å². The monoisotopic (exact) mass is 506 g/mol. The van der Waals surface area contributed by atoms with E-state index in [0.717, 1.165) is 4.90 Å². The third kappa shape index (κ3) is 5.18. The third-order valence-electron chi connectivity index (χ3n) is 5.24. The number of fused-ring (bicyclic) bond motifs is 1. The second kappa shape index (κ2) is 9.85. The Morgan fingerprint density at radius 2 is 1.63 bits per heavy atom. The van der Waals surface area contributed by atoms with Crippen LogP contribution in [-0.4, -0.2) is 42.0 Å². The molecule has 0 radical (unpaired) electrons. The minimum atomic E-state index is -4.11. The number of benzene rings is 3. The Kier molecular flexibility index (Phi) is 6.86. The van der Waals surface area contributed by atoms with Crippen LogP contribution in [0.4, 0.5) is 0 Å². The number of para-hydroxylation sites is 2. The molecule has 0 saturated carbocycles. The topological polar surface area (TPSA) is 135 Å². The number of H-pyrrole nitrogens is 1. The largest absolute Gasteiger partial charge is 0.387 e. The SMILES string of the molecule is CSc1cccc(C(=O)C(C(=O)c2cccc(S(=O)(=O)N=C(C)N)c2)c2nc3ccccc3[nH]2)c1. The molecule has 0 aliphatic rings. The van der Waals surface area contributed by atoms with E-state index in [1.807, 2.05) is 24.5 Å². The highest BCUT2D eigenvalue weighted by molar-refractivity contribution is 7.98. The number of sulfonamides is 1. The predicted octanol–water partition coefficient (Wildman–Crippen LogP) is 4.20. The van der Waals surface area contributed by atoms with Gasteiger partial charge in [-0.25, -0.2) is 4.98 Å². The summed E-state index contributed by atoms with van der Waals surface area (Å²) < 4.78 is 28.5. The Labute approximate surface area is 206 Å². The van der Waals surface area contributed by atoms with Gasteiger partial charge < -0.3 is 10.7 Å². The second-order valence-corrected chi connectivity index (χ2v) is 10.3. The second-order valence-electron chi connectivity index (χ2n) is 7.77. The Balaban J connectivity index is 1.84. The fraction of sp³-hybridized carbons (Fsp3) is 0.120. The number of hydrogen-bond acceptors (Lipinski definition) is 6. The van der Waals surface area contributed by atoms with Crippen molar-refractivity contribution in [2.45, 2.75) is 22.6 Å². The van der Waals surface area contributed by atoms with Gasteiger partial charge in [0.1, 0.15) is 17.6 Å². The number of thioether (sulfide) groups is 1. The van der Waals surface area contributed by atoms with E-state index in [0.29, 0.717) is 16.6 Å². The van der Waals surface area contributed by atoms with Crippen molar-refractivity contribution in [1.29, 1.82) is 0 Å². The summed E-state index contributed by atoms with van der Waals surface area (Å²) in [5.41, 5.74) is 7.12. The highest BCUT2D eigenvalue weighted by atomic mass is 32.2. The average molecular weight is 507 g/mol. The molecular formula is C25H22N4O4S2. The van der Waals surface area contributed by atoms with Gasteiger partial charge in [-0.3, -0.25) is 9.59 Å². The summed E-state index contributed by atoms with van der Waals surface area (Å²) in [5.74, 6) is -2.30. The molecule has 1 aromatic heterocycles. The van der Waals surface area contributed by atoms with Gasteiger partial charge in [-0.2, -0.15) is 8.42 Å². The molecule has 0 aliphatic heterocycles. The van der Waals surface area contributed by atoms with Gasteiger partial charge >= 0.3 is 0 Å². The summed E-state index contributed by atoms with van der Waals surface area (Å²) in [4.78, 5) is 35.7. The fourth-order valence-electron chi connectivity index (χ4n) is 3.64. The summed E-state index contributed by atoms with van der Waals surface area (Å²) in [6.07, 6.45) is 1.89. The van der Waals surface area contributed by atoms with E-state index >= 15 is 0 Å². The lowest BCUT2D eigenvalue weighted by atomic mass is 9.89. The summed E-state index contributed by atoms with van der Waals surface area (Å²) >= 11 is 1.48. The number of carbonyl (C=O) groups excluding carboxylic acids is 2. The number of carbonyl (C=O) groups is 2. The van der Waals surface area contributed by atoms with Crippen LogP contribution in [0.2, 0.25) is 0 Å². The van der Waals surface area contributed by atoms with Crippen molar-refractivity contribution < 1.29 is 18.0 Å². The van der Waals surface area contributed by atoms with E-state index in [2.05, 4.69) is 14.4 Å². The Morgan fingerprint density at radius 3 is 2.29 bits per heavy atom. The number of nitrogens with two attached hydrogens (primary N) is 1. The van der Waals surface area contributed by atoms with Crippen LogP contribution in [0.5, 0.6) is 0 Å². The number of rotatable bonds is 8. The van der Waals surface area contributed by atoms with Crippen molar-refractivity contribution in [3.8, 4) is 0 Å². The maximum atomic E-state index is 13.8. The summed E-state index contributed by atoms with van der Waals surface area (Å²) in [5, 5.41) is 0. The highest BCUT2D eigenvalue weighted by Gasteiger charge is 2.33. The molecule has 35 heavy (non-hydrogen) atoms.